The van der Waals surface area contributed by atoms with Gasteiger partial charge in [-0.25, -0.2) is 0 Å². The van der Waals surface area contributed by atoms with E-state index in [9.17, 15) is 0 Å². The van der Waals surface area contributed by atoms with Crippen LogP contribution in [0.2, 0.25) is 0 Å². The molecule has 2 aromatic rings. The minimum atomic E-state index is 0.0931. The van der Waals surface area contributed by atoms with E-state index in [1.807, 2.05) is 18.2 Å². The molecule has 0 saturated heterocycles. The molecular weight excluding hydrogens is 326 g/mol. The van der Waals surface area contributed by atoms with Gasteiger partial charge in [0.05, 0.1) is 7.11 Å². The van der Waals surface area contributed by atoms with Gasteiger partial charge in [0.15, 0.2) is 0 Å². The molecule has 0 aliphatic heterocycles. The van der Waals surface area contributed by atoms with Gasteiger partial charge in [-0.2, -0.15) is 0 Å². The molecule has 3 heteroatoms. The lowest BCUT2D eigenvalue weighted by atomic mass is 9.97. The van der Waals surface area contributed by atoms with Gasteiger partial charge in [0, 0.05) is 10.5 Å². The lowest BCUT2D eigenvalue weighted by molar-refractivity contribution is 0.414. The molecule has 2 aromatic carbocycles. The Morgan fingerprint density at radius 3 is 2.48 bits per heavy atom. The lowest BCUT2D eigenvalue weighted by Crippen LogP contribution is -2.25. The zero-order chi connectivity index (χ0) is 15.4. The number of benzene rings is 2. The quantitative estimate of drug-likeness (QED) is 0.880. The Labute approximate surface area is 135 Å². The molecule has 0 bridgehead atoms. The Hall–Kier alpha value is -1.32. The SMILES string of the molecule is COc1ccc(Br)c(CC(N)Cc2ccc(C)c(C)c2)c1. The maximum Gasteiger partial charge on any atom is 0.119 e. The van der Waals surface area contributed by atoms with Crippen molar-refractivity contribution in [2.75, 3.05) is 7.11 Å². The monoisotopic (exact) mass is 347 g/mol. The fraction of sp³-hybridized carbons (Fsp3) is 0.333. The van der Waals surface area contributed by atoms with E-state index in [1.165, 1.54) is 22.3 Å². The Balaban J connectivity index is 2.07. The van der Waals surface area contributed by atoms with E-state index < -0.39 is 0 Å². The molecule has 1 atom stereocenters. The third-order valence-electron chi connectivity index (χ3n) is 3.80. The van der Waals surface area contributed by atoms with Crippen LogP contribution in [0.1, 0.15) is 22.3 Å². The smallest absolute Gasteiger partial charge is 0.119 e. The summed E-state index contributed by atoms with van der Waals surface area (Å²) < 4.78 is 6.36. The molecule has 2 nitrogen and oxygen atoms in total. The van der Waals surface area contributed by atoms with Crippen LogP contribution in [0.5, 0.6) is 5.75 Å². The first-order valence-corrected chi connectivity index (χ1v) is 7.93. The third kappa shape index (κ3) is 4.32. The molecule has 0 aromatic heterocycles. The van der Waals surface area contributed by atoms with Gasteiger partial charge in [0.2, 0.25) is 0 Å². The molecule has 0 aliphatic carbocycles. The third-order valence-corrected chi connectivity index (χ3v) is 4.58. The maximum atomic E-state index is 6.32. The second kappa shape index (κ2) is 7.10. The predicted molar refractivity (Wildman–Crippen MR) is 92.0 cm³/mol. The average molecular weight is 348 g/mol. The van der Waals surface area contributed by atoms with Crippen molar-refractivity contribution in [2.24, 2.45) is 5.73 Å². The molecule has 2 N–H and O–H groups in total. The minimum Gasteiger partial charge on any atom is -0.497 e. The van der Waals surface area contributed by atoms with E-state index in [0.29, 0.717) is 0 Å². The standard InChI is InChI=1S/C18H22BrNO/c1-12-4-5-14(8-13(12)2)9-16(20)10-15-11-17(21-3)6-7-18(15)19/h4-8,11,16H,9-10,20H2,1-3H3. The van der Waals surface area contributed by atoms with Gasteiger partial charge in [-0.3, -0.25) is 0 Å². The highest BCUT2D eigenvalue weighted by molar-refractivity contribution is 9.10. The molecular formula is C18H22BrNO. The van der Waals surface area contributed by atoms with Gasteiger partial charge in [0.25, 0.3) is 0 Å². The Morgan fingerprint density at radius 2 is 1.81 bits per heavy atom. The molecule has 0 amide bonds. The van der Waals surface area contributed by atoms with Gasteiger partial charge >= 0.3 is 0 Å². The number of hydrogen-bond acceptors (Lipinski definition) is 2. The van der Waals surface area contributed by atoms with E-state index >= 15 is 0 Å². The van der Waals surface area contributed by atoms with Crippen molar-refractivity contribution in [2.45, 2.75) is 32.7 Å². The maximum absolute atomic E-state index is 6.32. The van der Waals surface area contributed by atoms with Crippen LogP contribution in [-0.2, 0) is 12.8 Å². The largest absolute Gasteiger partial charge is 0.497 e. The minimum absolute atomic E-state index is 0.0931. The summed E-state index contributed by atoms with van der Waals surface area (Å²) in [7, 11) is 1.68. The Bertz CT molecular complexity index is 625. The number of methoxy groups -OCH3 is 1. The van der Waals surface area contributed by atoms with Crippen molar-refractivity contribution in [3.05, 3.63) is 63.1 Å². The summed E-state index contributed by atoms with van der Waals surface area (Å²) in [6, 6.07) is 12.7. The Kier molecular flexibility index (Phi) is 5.43. The van der Waals surface area contributed by atoms with Crippen molar-refractivity contribution in [3.63, 3.8) is 0 Å². The number of rotatable bonds is 5. The number of halogens is 1. The first-order chi connectivity index (χ1) is 9.99. The molecule has 0 fully saturated rings. The lowest BCUT2D eigenvalue weighted by Gasteiger charge is -2.15. The van der Waals surface area contributed by atoms with Crippen LogP contribution in [0.25, 0.3) is 0 Å². The first kappa shape index (κ1) is 16.1. The van der Waals surface area contributed by atoms with Gasteiger partial charge in [-0.15, -0.1) is 0 Å². The fourth-order valence-electron chi connectivity index (χ4n) is 2.42. The Morgan fingerprint density at radius 1 is 1.05 bits per heavy atom. The molecule has 0 spiro atoms. The fourth-order valence-corrected chi connectivity index (χ4v) is 2.83. The molecule has 1 unspecified atom stereocenters. The summed E-state index contributed by atoms with van der Waals surface area (Å²) in [5.41, 5.74) is 11.5. The van der Waals surface area contributed by atoms with Gasteiger partial charge in [-0.05, 0) is 67.1 Å². The molecule has 112 valence electrons. The van der Waals surface area contributed by atoms with E-state index in [2.05, 4.69) is 48.0 Å². The molecule has 2 rings (SSSR count). The highest BCUT2D eigenvalue weighted by atomic mass is 79.9. The van der Waals surface area contributed by atoms with Crippen LogP contribution in [0.4, 0.5) is 0 Å². The van der Waals surface area contributed by atoms with E-state index in [0.717, 1.165) is 23.1 Å². The van der Waals surface area contributed by atoms with Crippen LogP contribution < -0.4 is 10.5 Å². The molecule has 0 aliphatic rings. The second-order valence-corrected chi connectivity index (χ2v) is 6.40. The van der Waals surface area contributed by atoms with E-state index in [4.69, 9.17) is 10.5 Å². The van der Waals surface area contributed by atoms with Crippen molar-refractivity contribution in [1.82, 2.24) is 0 Å². The van der Waals surface area contributed by atoms with Crippen molar-refractivity contribution in [1.29, 1.82) is 0 Å². The summed E-state index contributed by atoms with van der Waals surface area (Å²) in [5.74, 6) is 0.867. The van der Waals surface area contributed by atoms with Crippen molar-refractivity contribution in [3.8, 4) is 5.75 Å². The molecule has 0 radical (unpaired) electrons. The van der Waals surface area contributed by atoms with Gasteiger partial charge in [-0.1, -0.05) is 34.1 Å². The van der Waals surface area contributed by atoms with Crippen molar-refractivity contribution >= 4 is 15.9 Å². The zero-order valence-corrected chi connectivity index (χ0v) is 14.4. The van der Waals surface area contributed by atoms with E-state index in [1.54, 1.807) is 7.11 Å². The number of nitrogens with two attached hydrogens (primary N) is 1. The van der Waals surface area contributed by atoms with Crippen LogP contribution >= 0.6 is 15.9 Å². The highest BCUT2D eigenvalue weighted by Gasteiger charge is 2.10. The molecule has 0 saturated carbocycles. The number of hydrogen-bond donors (Lipinski definition) is 1. The molecule has 0 heterocycles. The summed E-state index contributed by atoms with van der Waals surface area (Å²) >= 11 is 3.58. The summed E-state index contributed by atoms with van der Waals surface area (Å²) in [6.45, 7) is 4.27. The molecule has 21 heavy (non-hydrogen) atoms. The van der Waals surface area contributed by atoms with Crippen molar-refractivity contribution < 1.29 is 4.74 Å². The number of aryl methyl sites for hydroxylation is 2. The summed E-state index contributed by atoms with van der Waals surface area (Å²) in [5, 5.41) is 0. The first-order valence-electron chi connectivity index (χ1n) is 7.13. The van der Waals surface area contributed by atoms with Crippen LogP contribution in [-0.4, -0.2) is 13.2 Å². The summed E-state index contributed by atoms with van der Waals surface area (Å²) in [6.07, 6.45) is 1.70. The van der Waals surface area contributed by atoms with E-state index in [-0.39, 0.29) is 6.04 Å². The highest BCUT2D eigenvalue weighted by Crippen LogP contribution is 2.24. The predicted octanol–water partition coefficient (Wildman–Crippen LogP) is 4.19. The summed E-state index contributed by atoms with van der Waals surface area (Å²) in [4.78, 5) is 0. The van der Waals surface area contributed by atoms with Crippen LogP contribution in [0, 0.1) is 13.8 Å². The van der Waals surface area contributed by atoms with Crippen LogP contribution in [0.3, 0.4) is 0 Å². The topological polar surface area (TPSA) is 35.2 Å². The van der Waals surface area contributed by atoms with Gasteiger partial charge < -0.3 is 10.5 Å². The number of ether oxygens (including phenoxy) is 1. The normalized spacial score (nSPS) is 12.2. The second-order valence-electron chi connectivity index (χ2n) is 5.54. The van der Waals surface area contributed by atoms with Gasteiger partial charge in [0.1, 0.15) is 5.75 Å². The zero-order valence-electron chi connectivity index (χ0n) is 12.8. The average Bonchev–Trinajstić information content (AvgIpc) is 2.45. The van der Waals surface area contributed by atoms with Crippen LogP contribution in [0.15, 0.2) is 40.9 Å².